The summed E-state index contributed by atoms with van der Waals surface area (Å²) in [4.78, 5) is 51.1. The summed E-state index contributed by atoms with van der Waals surface area (Å²) in [7, 11) is 0. The summed E-state index contributed by atoms with van der Waals surface area (Å²) in [6, 6.07) is 0. The van der Waals surface area contributed by atoms with Gasteiger partial charge in [0, 0.05) is 22.6 Å². The highest BCUT2D eigenvalue weighted by Gasteiger charge is 2.65. The van der Waals surface area contributed by atoms with Gasteiger partial charge < -0.3 is 14.2 Å². The molecular weight excluding hydrogens is 412 g/mol. The van der Waals surface area contributed by atoms with Crippen LogP contribution < -0.4 is 0 Å². The van der Waals surface area contributed by atoms with Crippen molar-refractivity contribution >= 4 is 23.7 Å². The molecule has 2 fully saturated rings. The minimum absolute atomic E-state index is 0.100. The smallest absolute Gasteiger partial charge is 0.334 e. The Morgan fingerprint density at radius 2 is 1.66 bits per heavy atom. The summed E-state index contributed by atoms with van der Waals surface area (Å²) in [6.07, 6.45) is 3.70. The Kier molecular flexibility index (Phi) is 6.31. The molecule has 1 saturated heterocycles. The Labute approximate surface area is 188 Å². The summed E-state index contributed by atoms with van der Waals surface area (Å²) in [5, 5.41) is 0. The highest BCUT2D eigenvalue weighted by molar-refractivity contribution is 6.00. The molecule has 7 heteroatoms. The second-order valence-corrected chi connectivity index (χ2v) is 8.95. The van der Waals surface area contributed by atoms with Crippen LogP contribution in [0.15, 0.2) is 47.6 Å². The number of fused-ring (bicyclic) bond motifs is 2. The molecule has 0 aromatic rings. The van der Waals surface area contributed by atoms with Crippen LogP contribution in [0, 0.1) is 23.2 Å². The van der Waals surface area contributed by atoms with Gasteiger partial charge in [-0.25, -0.2) is 14.4 Å². The van der Waals surface area contributed by atoms with Crippen LogP contribution in [-0.4, -0.2) is 42.0 Å². The first-order valence-corrected chi connectivity index (χ1v) is 10.8. The molecule has 172 valence electrons. The molecule has 7 unspecified atom stereocenters. The van der Waals surface area contributed by atoms with Crippen LogP contribution in [0.5, 0.6) is 0 Å². The number of ketones is 1. The zero-order chi connectivity index (χ0) is 24.0. The molecule has 2 aliphatic carbocycles. The lowest BCUT2D eigenvalue weighted by molar-refractivity contribution is -0.166. The highest BCUT2D eigenvalue weighted by atomic mass is 16.6. The van der Waals surface area contributed by atoms with Crippen molar-refractivity contribution in [3.05, 3.63) is 47.6 Å². The summed E-state index contributed by atoms with van der Waals surface area (Å²) >= 11 is 0. The van der Waals surface area contributed by atoms with E-state index in [2.05, 4.69) is 6.58 Å². The molecule has 0 bridgehead atoms. The molecule has 3 rings (SSSR count). The normalized spacial score (nSPS) is 36.9. The molecule has 0 amide bonds. The van der Waals surface area contributed by atoms with Crippen LogP contribution in [0.25, 0.3) is 0 Å². The van der Waals surface area contributed by atoms with Crippen LogP contribution in [0.4, 0.5) is 0 Å². The second-order valence-electron chi connectivity index (χ2n) is 8.95. The number of hydrogen-bond acceptors (Lipinski definition) is 7. The lowest BCUT2D eigenvalue weighted by Gasteiger charge is -2.39. The van der Waals surface area contributed by atoms with Crippen molar-refractivity contribution in [2.75, 3.05) is 0 Å². The van der Waals surface area contributed by atoms with Gasteiger partial charge in [-0.05, 0) is 46.6 Å². The third-order valence-corrected chi connectivity index (χ3v) is 7.25. The molecule has 0 aromatic heterocycles. The van der Waals surface area contributed by atoms with E-state index < -0.39 is 59.4 Å². The molecule has 7 nitrogen and oxygen atoms in total. The maximum Gasteiger partial charge on any atom is 0.334 e. The summed E-state index contributed by atoms with van der Waals surface area (Å²) < 4.78 is 17.4. The molecule has 32 heavy (non-hydrogen) atoms. The molecule has 0 spiro atoms. The van der Waals surface area contributed by atoms with Gasteiger partial charge in [-0.15, -0.1) is 0 Å². The number of hydrogen-bond donors (Lipinski definition) is 0. The van der Waals surface area contributed by atoms with Crippen molar-refractivity contribution in [2.45, 2.75) is 59.9 Å². The Bertz CT molecular complexity index is 969. The molecule has 1 aliphatic heterocycles. The van der Waals surface area contributed by atoms with Crippen molar-refractivity contribution in [2.24, 2.45) is 23.2 Å². The number of esters is 3. The number of ether oxygens (including phenoxy) is 3. The largest absolute Gasteiger partial charge is 0.457 e. The van der Waals surface area contributed by atoms with E-state index in [1.54, 1.807) is 52.8 Å². The first kappa shape index (κ1) is 23.7. The van der Waals surface area contributed by atoms with Crippen molar-refractivity contribution in [3.8, 4) is 0 Å². The average Bonchev–Trinajstić information content (AvgIpc) is 3.21. The molecule has 7 atom stereocenters. The zero-order valence-corrected chi connectivity index (χ0v) is 19.3. The minimum atomic E-state index is -1.17. The molecular formula is C25H30O7. The van der Waals surface area contributed by atoms with Crippen LogP contribution in [0.1, 0.15) is 41.5 Å². The highest BCUT2D eigenvalue weighted by Crippen LogP contribution is 2.55. The van der Waals surface area contributed by atoms with E-state index in [1.807, 2.05) is 6.92 Å². The topological polar surface area (TPSA) is 96.0 Å². The van der Waals surface area contributed by atoms with Crippen LogP contribution >= 0.6 is 0 Å². The van der Waals surface area contributed by atoms with Gasteiger partial charge in [-0.3, -0.25) is 4.79 Å². The predicted octanol–water partition coefficient (Wildman–Crippen LogP) is 3.25. The maximum atomic E-state index is 13.2. The van der Waals surface area contributed by atoms with Crippen LogP contribution in [0.3, 0.4) is 0 Å². The van der Waals surface area contributed by atoms with Gasteiger partial charge in [0.15, 0.2) is 5.78 Å². The third-order valence-electron chi connectivity index (χ3n) is 7.25. The Balaban J connectivity index is 2.15. The van der Waals surface area contributed by atoms with Gasteiger partial charge in [-0.1, -0.05) is 31.7 Å². The van der Waals surface area contributed by atoms with Crippen molar-refractivity contribution in [3.63, 3.8) is 0 Å². The summed E-state index contributed by atoms with van der Waals surface area (Å²) in [5.74, 6) is -3.62. The standard InChI is InChI=1S/C25H30O7/c1-8-12(3)22(27)30-19-14(5)16-10-11-17(26)25(16,7)21(32-23(28)13(4)9-2)18-15(6)24(29)31-20(18)19/h8-11,14,16,18-21H,6H2,1-5,7H3. The van der Waals surface area contributed by atoms with E-state index in [4.69, 9.17) is 14.2 Å². The molecule has 0 N–H and O–H groups in total. The Morgan fingerprint density at radius 3 is 2.22 bits per heavy atom. The van der Waals surface area contributed by atoms with E-state index >= 15 is 0 Å². The van der Waals surface area contributed by atoms with Crippen LogP contribution in [-0.2, 0) is 33.4 Å². The number of allylic oxidation sites excluding steroid dienone is 4. The monoisotopic (exact) mass is 442 g/mol. The number of carbonyl (C=O) groups is 4. The minimum Gasteiger partial charge on any atom is -0.457 e. The van der Waals surface area contributed by atoms with Crippen molar-refractivity contribution in [1.29, 1.82) is 0 Å². The van der Waals surface area contributed by atoms with E-state index in [0.29, 0.717) is 11.1 Å². The molecule has 0 aromatic carbocycles. The van der Waals surface area contributed by atoms with E-state index in [0.717, 1.165) is 0 Å². The molecule has 1 saturated carbocycles. The fraction of sp³-hybridized carbons (Fsp3) is 0.520. The number of carbonyl (C=O) groups excluding carboxylic acids is 4. The van der Waals surface area contributed by atoms with Gasteiger partial charge >= 0.3 is 17.9 Å². The average molecular weight is 443 g/mol. The first-order chi connectivity index (χ1) is 15.0. The molecule has 1 heterocycles. The van der Waals surface area contributed by atoms with E-state index in [-0.39, 0.29) is 11.4 Å². The Hall–Kier alpha value is -2.96. The second kappa shape index (κ2) is 8.52. The predicted molar refractivity (Wildman–Crippen MR) is 116 cm³/mol. The fourth-order valence-electron chi connectivity index (χ4n) is 4.93. The van der Waals surface area contributed by atoms with Crippen molar-refractivity contribution < 1.29 is 33.4 Å². The van der Waals surface area contributed by atoms with Gasteiger partial charge in [0.25, 0.3) is 0 Å². The summed E-state index contributed by atoms with van der Waals surface area (Å²) in [6.45, 7) is 14.1. The van der Waals surface area contributed by atoms with E-state index in [1.165, 1.54) is 6.08 Å². The molecule has 0 radical (unpaired) electrons. The molecule has 3 aliphatic rings. The van der Waals surface area contributed by atoms with Gasteiger partial charge in [0.1, 0.15) is 18.3 Å². The lowest BCUT2D eigenvalue weighted by atomic mass is 9.67. The first-order valence-electron chi connectivity index (χ1n) is 10.8. The lowest BCUT2D eigenvalue weighted by Crippen LogP contribution is -2.49. The Morgan fingerprint density at radius 1 is 1.09 bits per heavy atom. The van der Waals surface area contributed by atoms with Gasteiger partial charge in [0.2, 0.25) is 0 Å². The van der Waals surface area contributed by atoms with Gasteiger partial charge in [0.05, 0.1) is 11.3 Å². The summed E-state index contributed by atoms with van der Waals surface area (Å²) in [5.41, 5.74) is -0.281. The SMILES string of the molecule is C=C1C(=O)OC2C(OC(=O)C(C)=CC)C(C)C3C=CC(=O)C3(C)C(OC(=O)C(C)=CC)C12. The number of rotatable bonds is 4. The maximum absolute atomic E-state index is 13.2. The van der Waals surface area contributed by atoms with Crippen LogP contribution in [0.2, 0.25) is 0 Å². The van der Waals surface area contributed by atoms with Gasteiger partial charge in [-0.2, -0.15) is 0 Å². The van der Waals surface area contributed by atoms with Crippen molar-refractivity contribution in [1.82, 2.24) is 0 Å². The fourth-order valence-corrected chi connectivity index (χ4v) is 4.93. The third kappa shape index (κ3) is 3.53. The quantitative estimate of drug-likeness (QED) is 0.375. The zero-order valence-electron chi connectivity index (χ0n) is 19.3. The van der Waals surface area contributed by atoms with E-state index in [9.17, 15) is 19.2 Å².